The smallest absolute Gasteiger partial charge is 0.282 e. The molecule has 11 heteroatoms. The highest BCUT2D eigenvalue weighted by Crippen LogP contribution is 2.41. The molecule has 1 aromatic rings. The number of piperidine rings is 2. The van der Waals surface area contributed by atoms with Crippen LogP contribution in [0.25, 0.3) is 0 Å². The quantitative estimate of drug-likeness (QED) is 0.442. The highest BCUT2D eigenvalue weighted by atomic mass is 32.2. The van der Waals surface area contributed by atoms with E-state index in [1.807, 2.05) is 0 Å². The Morgan fingerprint density at radius 1 is 0.973 bits per heavy atom. The van der Waals surface area contributed by atoms with Crippen LogP contribution in [-0.4, -0.2) is 96.4 Å². The Balaban J connectivity index is 0.969. The summed E-state index contributed by atoms with van der Waals surface area (Å²) in [5.41, 5.74) is 0.330. The van der Waals surface area contributed by atoms with E-state index in [4.69, 9.17) is 4.52 Å². The second kappa shape index (κ2) is 10.9. The average Bonchev–Trinajstić information content (AvgIpc) is 3.26. The first kappa shape index (κ1) is 25.7. The lowest BCUT2D eigenvalue weighted by molar-refractivity contribution is 0.0897. The molecule has 6 rings (SSSR count). The number of nitrogens with zero attached hydrogens (tertiary/aromatic N) is 4. The number of rotatable bonds is 10. The molecule has 2 bridgehead atoms. The summed E-state index contributed by atoms with van der Waals surface area (Å²) in [4.78, 5) is 15.3. The maximum Gasteiger partial charge on any atom is 0.282 e. The lowest BCUT2D eigenvalue weighted by Crippen LogP contribution is -2.57. The molecule has 4 saturated heterocycles. The molecular formula is C26H42N6O4S. The number of carbonyl (C=O) groups is 1. The normalized spacial score (nSPS) is 30.2. The first-order valence-corrected chi connectivity index (χ1v) is 15.9. The number of likely N-dealkylation sites (tertiary alicyclic amines) is 1. The predicted octanol–water partition coefficient (Wildman–Crippen LogP) is 2.06. The zero-order valence-electron chi connectivity index (χ0n) is 21.8. The molecule has 5 aliphatic rings. The molecule has 37 heavy (non-hydrogen) atoms. The topological polar surface area (TPSA) is 111 Å². The van der Waals surface area contributed by atoms with Gasteiger partial charge in [0, 0.05) is 49.2 Å². The molecule has 4 aliphatic heterocycles. The minimum Gasteiger partial charge on any atom is -0.360 e. The van der Waals surface area contributed by atoms with Crippen LogP contribution in [0, 0.1) is 0 Å². The van der Waals surface area contributed by atoms with Crippen LogP contribution in [-0.2, 0) is 10.2 Å². The van der Waals surface area contributed by atoms with Crippen LogP contribution in [0.1, 0.15) is 92.8 Å². The van der Waals surface area contributed by atoms with Crippen molar-refractivity contribution in [1.29, 1.82) is 0 Å². The van der Waals surface area contributed by atoms with Gasteiger partial charge in [-0.1, -0.05) is 5.16 Å². The van der Waals surface area contributed by atoms with Crippen LogP contribution in [0.3, 0.4) is 0 Å². The van der Waals surface area contributed by atoms with E-state index in [1.165, 1.54) is 32.5 Å². The van der Waals surface area contributed by atoms with Gasteiger partial charge in [-0.3, -0.25) is 4.79 Å². The third-order valence-corrected chi connectivity index (χ3v) is 11.2. The second-order valence-corrected chi connectivity index (χ2v) is 13.6. The van der Waals surface area contributed by atoms with E-state index < -0.39 is 10.2 Å². The van der Waals surface area contributed by atoms with Crippen molar-refractivity contribution in [2.75, 3.05) is 39.3 Å². The molecular weight excluding hydrogens is 492 g/mol. The number of hydrogen-bond acceptors (Lipinski definition) is 7. The first-order chi connectivity index (χ1) is 18.0. The standard InChI is InChI=1S/C26H42N6O4S/c33-26(24-18-25(36-29-24)19-4-5-19)28-21-16-22-6-7-23(17-21)32(22)37(34,35)31-14-8-20(9-15-31)27-10-3-13-30-11-1-2-12-30/h18-23,27H,1-17H2,(H,28,33)/t21?,22-,23+. The van der Waals surface area contributed by atoms with Gasteiger partial charge in [0.05, 0.1) is 0 Å². The highest BCUT2D eigenvalue weighted by Gasteiger charge is 2.49. The summed E-state index contributed by atoms with van der Waals surface area (Å²) >= 11 is 0. The SMILES string of the molecule is O=C(NC1C[C@H]2CC[C@@H](C1)N2S(=O)(=O)N1CCC(NCCCN2CCCC2)CC1)c1cc(C2CC2)on1. The van der Waals surface area contributed by atoms with Gasteiger partial charge in [0.2, 0.25) is 0 Å². The predicted molar refractivity (Wildman–Crippen MR) is 139 cm³/mol. The van der Waals surface area contributed by atoms with E-state index in [9.17, 15) is 13.2 Å². The molecule has 3 atom stereocenters. The molecule has 5 heterocycles. The summed E-state index contributed by atoms with van der Waals surface area (Å²) in [6.07, 6.45) is 10.8. The minimum absolute atomic E-state index is 0.0342. The number of amides is 1. The van der Waals surface area contributed by atoms with E-state index in [2.05, 4.69) is 20.7 Å². The molecule has 2 N–H and O–H groups in total. The van der Waals surface area contributed by atoms with Gasteiger partial charge < -0.3 is 20.1 Å². The molecule has 1 amide bonds. The maximum absolute atomic E-state index is 13.7. The molecule has 0 aromatic carbocycles. The van der Waals surface area contributed by atoms with Crippen LogP contribution < -0.4 is 10.6 Å². The lowest BCUT2D eigenvalue weighted by Gasteiger charge is -2.42. The van der Waals surface area contributed by atoms with Crippen LogP contribution in [0.2, 0.25) is 0 Å². The zero-order chi connectivity index (χ0) is 25.4. The third kappa shape index (κ3) is 5.75. The summed E-state index contributed by atoms with van der Waals surface area (Å²) in [7, 11) is -3.49. The van der Waals surface area contributed by atoms with E-state index >= 15 is 0 Å². The summed E-state index contributed by atoms with van der Waals surface area (Å²) < 4.78 is 36.1. The Labute approximate surface area is 220 Å². The molecule has 206 valence electrons. The lowest BCUT2D eigenvalue weighted by atomic mass is 9.99. The van der Waals surface area contributed by atoms with Crippen molar-refractivity contribution >= 4 is 16.1 Å². The van der Waals surface area contributed by atoms with Crippen molar-refractivity contribution in [3.8, 4) is 0 Å². The maximum atomic E-state index is 13.7. The van der Waals surface area contributed by atoms with E-state index in [0.29, 0.717) is 43.6 Å². The van der Waals surface area contributed by atoms with Gasteiger partial charge in [-0.15, -0.1) is 0 Å². The van der Waals surface area contributed by atoms with E-state index in [1.54, 1.807) is 14.7 Å². The van der Waals surface area contributed by atoms with Gasteiger partial charge in [-0.05, 0) is 96.8 Å². The third-order valence-electron chi connectivity index (χ3n) is 9.07. The minimum atomic E-state index is -3.49. The molecule has 1 unspecified atom stereocenters. The Bertz CT molecular complexity index is 1030. The van der Waals surface area contributed by atoms with Crippen LogP contribution in [0.15, 0.2) is 10.6 Å². The molecule has 0 radical (unpaired) electrons. The molecule has 10 nitrogen and oxygen atoms in total. The number of fused-ring (bicyclic) bond motifs is 2. The van der Waals surface area contributed by atoms with Crippen LogP contribution in [0.5, 0.6) is 0 Å². The van der Waals surface area contributed by atoms with Gasteiger partial charge in [0.25, 0.3) is 16.1 Å². The molecule has 5 fully saturated rings. The molecule has 1 aliphatic carbocycles. The Morgan fingerprint density at radius 2 is 1.68 bits per heavy atom. The Hall–Kier alpha value is -1.53. The number of hydrogen-bond donors (Lipinski definition) is 2. The fraction of sp³-hybridized carbons (Fsp3) is 0.846. The Morgan fingerprint density at radius 3 is 2.35 bits per heavy atom. The molecule has 1 saturated carbocycles. The first-order valence-electron chi connectivity index (χ1n) is 14.5. The van der Waals surface area contributed by atoms with Crippen molar-refractivity contribution < 1.29 is 17.7 Å². The molecule has 1 aromatic heterocycles. The van der Waals surface area contributed by atoms with Gasteiger partial charge >= 0.3 is 0 Å². The van der Waals surface area contributed by atoms with Crippen molar-refractivity contribution in [2.24, 2.45) is 0 Å². The second-order valence-electron chi connectivity index (χ2n) is 11.8. The summed E-state index contributed by atoms with van der Waals surface area (Å²) in [6, 6.07) is 2.03. The average molecular weight is 535 g/mol. The molecule has 0 spiro atoms. The zero-order valence-corrected chi connectivity index (χ0v) is 22.6. The van der Waals surface area contributed by atoms with Crippen molar-refractivity contribution in [1.82, 2.24) is 29.3 Å². The van der Waals surface area contributed by atoms with Crippen molar-refractivity contribution in [3.05, 3.63) is 17.5 Å². The van der Waals surface area contributed by atoms with Crippen LogP contribution >= 0.6 is 0 Å². The fourth-order valence-corrected chi connectivity index (χ4v) is 8.96. The van der Waals surface area contributed by atoms with Crippen LogP contribution in [0.4, 0.5) is 0 Å². The Kier molecular flexibility index (Phi) is 7.59. The van der Waals surface area contributed by atoms with Gasteiger partial charge in [-0.2, -0.15) is 17.0 Å². The summed E-state index contributed by atoms with van der Waals surface area (Å²) in [5, 5.41) is 10.7. The summed E-state index contributed by atoms with van der Waals surface area (Å²) in [6.45, 7) is 5.82. The summed E-state index contributed by atoms with van der Waals surface area (Å²) in [5.74, 6) is 0.998. The van der Waals surface area contributed by atoms with E-state index in [-0.39, 0.29) is 24.0 Å². The number of nitrogens with one attached hydrogen (secondary N) is 2. The van der Waals surface area contributed by atoms with E-state index in [0.717, 1.165) is 57.3 Å². The highest BCUT2D eigenvalue weighted by molar-refractivity contribution is 7.86. The number of carbonyl (C=O) groups excluding carboxylic acids is 1. The fourth-order valence-electron chi connectivity index (χ4n) is 6.88. The van der Waals surface area contributed by atoms with Gasteiger partial charge in [0.1, 0.15) is 5.76 Å². The van der Waals surface area contributed by atoms with Gasteiger partial charge in [-0.25, -0.2) is 0 Å². The number of aromatic nitrogens is 1. The van der Waals surface area contributed by atoms with Gasteiger partial charge in [0.15, 0.2) is 5.69 Å². The van der Waals surface area contributed by atoms with Crippen molar-refractivity contribution in [3.63, 3.8) is 0 Å². The van der Waals surface area contributed by atoms with Crippen molar-refractivity contribution in [2.45, 2.75) is 101 Å². The monoisotopic (exact) mass is 534 g/mol. The largest absolute Gasteiger partial charge is 0.360 e.